The molecule has 0 aromatic heterocycles. The number of rotatable bonds is 8. The highest BCUT2D eigenvalue weighted by Gasteiger charge is 2.32. The monoisotopic (exact) mass is 255 g/mol. The van der Waals surface area contributed by atoms with Gasteiger partial charge >= 0.3 is 5.97 Å². The van der Waals surface area contributed by atoms with E-state index < -0.39 is 17.4 Å². The molecule has 0 aliphatic rings. The van der Waals surface area contributed by atoms with Crippen LogP contribution in [0.4, 0.5) is 0 Å². The summed E-state index contributed by atoms with van der Waals surface area (Å²) in [4.78, 5) is 22.7. The highest BCUT2D eigenvalue weighted by atomic mass is 16.4. The van der Waals surface area contributed by atoms with Crippen molar-refractivity contribution in [2.75, 3.05) is 0 Å². The Morgan fingerprint density at radius 2 is 1.89 bits per heavy atom. The molecule has 4 heteroatoms. The van der Waals surface area contributed by atoms with Gasteiger partial charge in [0.2, 0.25) is 5.91 Å². The molecule has 0 fully saturated rings. The molecule has 0 rings (SSSR count). The quantitative estimate of drug-likeness (QED) is 0.517. The Morgan fingerprint density at radius 3 is 2.33 bits per heavy atom. The molecule has 0 radical (unpaired) electrons. The molecule has 0 aliphatic heterocycles. The van der Waals surface area contributed by atoms with E-state index in [1.807, 2.05) is 6.08 Å². The maximum absolute atomic E-state index is 11.6. The molecule has 1 amide bonds. The molecular formula is C14H25NO3. The molecule has 2 N–H and O–H groups in total. The third kappa shape index (κ3) is 7.09. The normalized spacial score (nSPS) is 12.8. The van der Waals surface area contributed by atoms with Crippen LogP contribution >= 0.6 is 0 Å². The van der Waals surface area contributed by atoms with Crippen molar-refractivity contribution in [1.29, 1.82) is 0 Å². The first-order chi connectivity index (χ1) is 8.29. The number of carboxylic acid groups (broad SMARTS) is 1. The Bertz CT molecular complexity index is 292. The second-order valence-electron chi connectivity index (χ2n) is 5.59. The second-order valence-corrected chi connectivity index (χ2v) is 5.59. The van der Waals surface area contributed by atoms with Gasteiger partial charge in [-0.1, -0.05) is 33.3 Å². The van der Waals surface area contributed by atoms with Gasteiger partial charge in [-0.2, -0.15) is 0 Å². The molecular weight excluding hydrogens is 230 g/mol. The number of nitrogens with one attached hydrogen (secondary N) is 1. The van der Waals surface area contributed by atoms with Crippen LogP contribution in [0.2, 0.25) is 0 Å². The average Bonchev–Trinajstić information content (AvgIpc) is 2.23. The predicted octanol–water partition coefficient (Wildman–Crippen LogP) is 2.74. The van der Waals surface area contributed by atoms with Gasteiger partial charge in [-0.25, -0.2) is 4.79 Å². The van der Waals surface area contributed by atoms with Crippen LogP contribution in [-0.4, -0.2) is 23.0 Å². The number of aliphatic carboxylic acids is 1. The highest BCUT2D eigenvalue weighted by Crippen LogP contribution is 2.19. The third-order valence-electron chi connectivity index (χ3n) is 2.73. The van der Waals surface area contributed by atoms with Crippen LogP contribution in [-0.2, 0) is 9.59 Å². The summed E-state index contributed by atoms with van der Waals surface area (Å²) in [5.41, 5.74) is -0.482. The first-order valence-electron chi connectivity index (χ1n) is 6.42. The van der Waals surface area contributed by atoms with E-state index in [4.69, 9.17) is 5.11 Å². The molecule has 0 saturated carbocycles. The molecule has 0 saturated heterocycles. The fourth-order valence-electron chi connectivity index (χ4n) is 1.63. The molecule has 0 spiro atoms. The Morgan fingerprint density at radius 1 is 1.28 bits per heavy atom. The summed E-state index contributed by atoms with van der Waals surface area (Å²) in [6.07, 6.45) is 5.99. The summed E-state index contributed by atoms with van der Waals surface area (Å²) in [6, 6.07) is -0.835. The lowest BCUT2D eigenvalue weighted by molar-refractivity contribution is -0.144. The van der Waals surface area contributed by atoms with Crippen LogP contribution in [0, 0.1) is 5.41 Å². The lowest BCUT2D eigenvalue weighted by atomic mass is 9.86. The Balaban J connectivity index is 4.04. The number of hydrogen-bond acceptors (Lipinski definition) is 2. The fraction of sp³-hybridized carbons (Fsp3) is 0.714. The Kier molecular flexibility index (Phi) is 7.32. The molecule has 104 valence electrons. The highest BCUT2D eigenvalue weighted by molar-refractivity contribution is 5.84. The minimum atomic E-state index is -0.984. The van der Waals surface area contributed by atoms with Gasteiger partial charge < -0.3 is 10.4 Å². The van der Waals surface area contributed by atoms with Crippen LogP contribution in [0.5, 0.6) is 0 Å². The van der Waals surface area contributed by atoms with Gasteiger partial charge in [0.05, 0.1) is 0 Å². The van der Waals surface area contributed by atoms with Crippen molar-refractivity contribution < 1.29 is 14.7 Å². The summed E-state index contributed by atoms with van der Waals surface area (Å²) >= 11 is 0. The van der Waals surface area contributed by atoms with Gasteiger partial charge in [-0.3, -0.25) is 4.79 Å². The van der Waals surface area contributed by atoms with Gasteiger partial charge in [-0.05, 0) is 24.7 Å². The lowest BCUT2D eigenvalue weighted by Gasteiger charge is -2.27. The molecule has 1 atom stereocenters. The van der Waals surface area contributed by atoms with Crippen molar-refractivity contribution in [2.45, 2.75) is 58.9 Å². The number of carbonyl (C=O) groups is 2. The van der Waals surface area contributed by atoms with Crippen LogP contribution < -0.4 is 5.32 Å². The first kappa shape index (κ1) is 16.7. The van der Waals surface area contributed by atoms with Crippen molar-refractivity contribution in [3.8, 4) is 0 Å². The second kappa shape index (κ2) is 7.90. The topological polar surface area (TPSA) is 66.4 Å². The van der Waals surface area contributed by atoms with E-state index in [0.29, 0.717) is 6.42 Å². The van der Waals surface area contributed by atoms with Gasteiger partial charge in [0.15, 0.2) is 0 Å². The van der Waals surface area contributed by atoms with E-state index in [0.717, 1.165) is 25.7 Å². The molecule has 18 heavy (non-hydrogen) atoms. The number of allylic oxidation sites excluding steroid dienone is 1. The van der Waals surface area contributed by atoms with E-state index in [9.17, 15) is 9.59 Å². The van der Waals surface area contributed by atoms with Crippen molar-refractivity contribution in [1.82, 2.24) is 5.32 Å². The molecule has 0 aromatic rings. The summed E-state index contributed by atoms with van der Waals surface area (Å²) in [5, 5.41) is 11.7. The van der Waals surface area contributed by atoms with E-state index in [1.165, 1.54) is 0 Å². The largest absolute Gasteiger partial charge is 0.480 e. The zero-order valence-electron chi connectivity index (χ0n) is 11.7. The van der Waals surface area contributed by atoms with Crippen molar-refractivity contribution in [3.05, 3.63) is 12.7 Å². The molecule has 0 bridgehead atoms. The number of hydrogen-bond donors (Lipinski definition) is 2. The van der Waals surface area contributed by atoms with Crippen molar-refractivity contribution in [3.63, 3.8) is 0 Å². The number of amides is 1. The minimum absolute atomic E-state index is 0.184. The van der Waals surface area contributed by atoms with Gasteiger partial charge in [0.1, 0.15) is 6.04 Å². The van der Waals surface area contributed by atoms with Crippen LogP contribution in [0.3, 0.4) is 0 Å². The molecule has 1 unspecified atom stereocenters. The Hall–Kier alpha value is -1.32. The number of carboxylic acids is 1. The van der Waals surface area contributed by atoms with E-state index >= 15 is 0 Å². The van der Waals surface area contributed by atoms with Gasteiger partial charge in [0.25, 0.3) is 0 Å². The molecule has 0 aliphatic carbocycles. The molecule has 4 nitrogen and oxygen atoms in total. The predicted molar refractivity (Wildman–Crippen MR) is 72.3 cm³/mol. The molecule has 0 aromatic carbocycles. The standard InChI is InChI=1S/C14H25NO3/c1-5-6-7-8-9-10-11(16)15-12(13(17)18)14(2,3)4/h5,12H,1,6-10H2,2-4H3,(H,15,16)(H,17,18). The summed E-state index contributed by atoms with van der Waals surface area (Å²) in [6.45, 7) is 9.04. The summed E-state index contributed by atoms with van der Waals surface area (Å²) in [5.74, 6) is -1.17. The van der Waals surface area contributed by atoms with Gasteiger partial charge in [-0.15, -0.1) is 6.58 Å². The smallest absolute Gasteiger partial charge is 0.326 e. The summed E-state index contributed by atoms with van der Waals surface area (Å²) in [7, 11) is 0. The zero-order chi connectivity index (χ0) is 14.2. The van der Waals surface area contributed by atoms with Crippen LogP contribution in [0.1, 0.15) is 52.9 Å². The van der Waals surface area contributed by atoms with Crippen LogP contribution in [0.15, 0.2) is 12.7 Å². The lowest BCUT2D eigenvalue weighted by Crippen LogP contribution is -2.49. The summed E-state index contributed by atoms with van der Waals surface area (Å²) < 4.78 is 0. The van der Waals surface area contributed by atoms with Crippen molar-refractivity contribution >= 4 is 11.9 Å². The van der Waals surface area contributed by atoms with E-state index in [1.54, 1.807) is 20.8 Å². The Labute approximate surface area is 109 Å². The number of carbonyl (C=O) groups excluding carboxylic acids is 1. The van der Waals surface area contributed by atoms with Crippen LogP contribution in [0.25, 0.3) is 0 Å². The third-order valence-corrected chi connectivity index (χ3v) is 2.73. The minimum Gasteiger partial charge on any atom is -0.480 e. The van der Waals surface area contributed by atoms with Crippen molar-refractivity contribution in [2.24, 2.45) is 5.41 Å². The maximum atomic E-state index is 11.6. The van der Waals surface area contributed by atoms with Gasteiger partial charge in [0, 0.05) is 6.42 Å². The fourth-order valence-corrected chi connectivity index (χ4v) is 1.63. The SMILES string of the molecule is C=CCCCCCC(=O)NC(C(=O)O)C(C)(C)C. The van der Waals surface area contributed by atoms with E-state index in [2.05, 4.69) is 11.9 Å². The zero-order valence-corrected chi connectivity index (χ0v) is 11.7. The molecule has 0 heterocycles. The van der Waals surface area contributed by atoms with E-state index in [-0.39, 0.29) is 5.91 Å². The number of unbranched alkanes of at least 4 members (excludes halogenated alkanes) is 3. The average molecular weight is 255 g/mol. The maximum Gasteiger partial charge on any atom is 0.326 e. The first-order valence-corrected chi connectivity index (χ1v) is 6.42.